The lowest BCUT2D eigenvalue weighted by molar-refractivity contribution is 0.0948. The molecule has 0 aromatic heterocycles. The van der Waals surface area contributed by atoms with E-state index in [2.05, 4.69) is 21.2 Å². The molecule has 1 atom stereocenters. The molecule has 5 heteroatoms. The minimum Gasteiger partial charge on any atom is -0.383 e. The standard InChI is InChI=1S/C12H15BrClNO2/c1-8-4-3-5-10(11(8)13)12(16)15-6-9(14)7-17-2/h3-5,9H,6-7H2,1-2H3,(H,15,16). The summed E-state index contributed by atoms with van der Waals surface area (Å²) in [6.07, 6.45) is 0. The van der Waals surface area contributed by atoms with Crippen molar-refractivity contribution in [2.24, 2.45) is 0 Å². The van der Waals surface area contributed by atoms with Gasteiger partial charge in [-0.2, -0.15) is 0 Å². The quantitative estimate of drug-likeness (QED) is 0.847. The van der Waals surface area contributed by atoms with Crippen molar-refractivity contribution in [1.82, 2.24) is 5.32 Å². The van der Waals surface area contributed by atoms with Gasteiger partial charge in [-0.05, 0) is 34.5 Å². The maximum absolute atomic E-state index is 11.9. The van der Waals surface area contributed by atoms with E-state index in [-0.39, 0.29) is 11.3 Å². The van der Waals surface area contributed by atoms with E-state index in [1.165, 1.54) is 0 Å². The van der Waals surface area contributed by atoms with Crippen LogP contribution in [0, 0.1) is 6.92 Å². The number of ether oxygens (including phenoxy) is 1. The maximum atomic E-state index is 11.9. The van der Waals surface area contributed by atoms with Gasteiger partial charge in [0.2, 0.25) is 0 Å². The molecule has 94 valence electrons. The van der Waals surface area contributed by atoms with Crippen LogP contribution in [0.4, 0.5) is 0 Å². The molecule has 0 fully saturated rings. The van der Waals surface area contributed by atoms with Gasteiger partial charge in [-0.15, -0.1) is 11.6 Å². The van der Waals surface area contributed by atoms with Crippen molar-refractivity contribution in [2.45, 2.75) is 12.3 Å². The van der Waals surface area contributed by atoms with Crippen LogP contribution in [0.2, 0.25) is 0 Å². The van der Waals surface area contributed by atoms with Crippen molar-refractivity contribution in [3.05, 3.63) is 33.8 Å². The number of benzene rings is 1. The van der Waals surface area contributed by atoms with Crippen molar-refractivity contribution in [3.63, 3.8) is 0 Å². The number of hydrogen-bond donors (Lipinski definition) is 1. The SMILES string of the molecule is COCC(Cl)CNC(=O)c1cccc(C)c1Br. The number of hydrogen-bond acceptors (Lipinski definition) is 2. The van der Waals surface area contributed by atoms with E-state index >= 15 is 0 Å². The van der Waals surface area contributed by atoms with Crippen molar-refractivity contribution in [1.29, 1.82) is 0 Å². The number of amides is 1. The lowest BCUT2D eigenvalue weighted by Gasteiger charge is -2.11. The molecular weight excluding hydrogens is 305 g/mol. The zero-order chi connectivity index (χ0) is 12.8. The molecule has 0 aliphatic heterocycles. The van der Waals surface area contributed by atoms with Gasteiger partial charge < -0.3 is 10.1 Å². The maximum Gasteiger partial charge on any atom is 0.252 e. The van der Waals surface area contributed by atoms with Gasteiger partial charge in [0.1, 0.15) is 0 Å². The number of rotatable bonds is 5. The van der Waals surface area contributed by atoms with Crippen molar-refractivity contribution < 1.29 is 9.53 Å². The second-order valence-electron chi connectivity index (χ2n) is 3.70. The van der Waals surface area contributed by atoms with Gasteiger partial charge in [-0.3, -0.25) is 4.79 Å². The fourth-order valence-electron chi connectivity index (χ4n) is 1.36. The number of alkyl halides is 1. The summed E-state index contributed by atoms with van der Waals surface area (Å²) < 4.78 is 5.71. The molecule has 17 heavy (non-hydrogen) atoms. The van der Waals surface area contributed by atoms with Crippen molar-refractivity contribution in [2.75, 3.05) is 20.3 Å². The summed E-state index contributed by atoms with van der Waals surface area (Å²) in [4.78, 5) is 11.9. The van der Waals surface area contributed by atoms with Gasteiger partial charge in [0.15, 0.2) is 0 Å². The van der Waals surface area contributed by atoms with Gasteiger partial charge >= 0.3 is 0 Å². The molecule has 1 amide bonds. The summed E-state index contributed by atoms with van der Waals surface area (Å²) in [5, 5.41) is 2.56. The first-order chi connectivity index (χ1) is 8.06. The predicted octanol–water partition coefficient (Wildman–Crippen LogP) is 2.74. The molecule has 0 saturated carbocycles. The molecule has 0 aliphatic carbocycles. The van der Waals surface area contributed by atoms with Gasteiger partial charge in [0.25, 0.3) is 5.91 Å². The fraction of sp³-hybridized carbons (Fsp3) is 0.417. The smallest absolute Gasteiger partial charge is 0.252 e. The lowest BCUT2D eigenvalue weighted by atomic mass is 10.1. The van der Waals surface area contributed by atoms with Gasteiger partial charge in [0.05, 0.1) is 17.5 Å². The predicted molar refractivity (Wildman–Crippen MR) is 72.7 cm³/mol. The van der Waals surface area contributed by atoms with Gasteiger partial charge in [0, 0.05) is 18.1 Å². The van der Waals surface area contributed by atoms with Crippen LogP contribution in [-0.2, 0) is 4.74 Å². The third kappa shape index (κ3) is 4.30. The van der Waals surface area contributed by atoms with Crippen LogP contribution in [0.5, 0.6) is 0 Å². The topological polar surface area (TPSA) is 38.3 Å². The molecule has 0 spiro atoms. The van der Waals surface area contributed by atoms with Gasteiger partial charge in [-0.25, -0.2) is 0 Å². The third-order valence-electron chi connectivity index (χ3n) is 2.27. The number of halogens is 2. The van der Waals surface area contributed by atoms with Crippen LogP contribution >= 0.6 is 27.5 Å². The van der Waals surface area contributed by atoms with E-state index in [0.717, 1.165) is 10.0 Å². The Labute approximate surface area is 115 Å². The fourth-order valence-corrected chi connectivity index (χ4v) is 2.01. The van der Waals surface area contributed by atoms with Crippen LogP contribution in [0.25, 0.3) is 0 Å². The Morgan fingerprint density at radius 2 is 2.29 bits per heavy atom. The number of methoxy groups -OCH3 is 1. The number of aryl methyl sites for hydroxylation is 1. The summed E-state index contributed by atoms with van der Waals surface area (Å²) in [5.41, 5.74) is 1.64. The normalized spacial score (nSPS) is 12.2. The van der Waals surface area contributed by atoms with Crippen LogP contribution in [0.1, 0.15) is 15.9 Å². The Morgan fingerprint density at radius 3 is 2.94 bits per heavy atom. The minimum atomic E-state index is -0.215. The highest BCUT2D eigenvalue weighted by molar-refractivity contribution is 9.10. The highest BCUT2D eigenvalue weighted by Gasteiger charge is 2.12. The van der Waals surface area contributed by atoms with E-state index in [1.807, 2.05) is 19.1 Å². The van der Waals surface area contributed by atoms with Crippen molar-refractivity contribution in [3.8, 4) is 0 Å². The zero-order valence-corrected chi connectivity index (χ0v) is 12.1. The monoisotopic (exact) mass is 319 g/mol. The highest BCUT2D eigenvalue weighted by Crippen LogP contribution is 2.20. The molecule has 0 saturated heterocycles. The first-order valence-electron chi connectivity index (χ1n) is 5.22. The van der Waals surface area contributed by atoms with E-state index < -0.39 is 0 Å². The van der Waals surface area contributed by atoms with Crippen LogP contribution in [-0.4, -0.2) is 31.5 Å². The molecular formula is C12H15BrClNO2. The summed E-state index contributed by atoms with van der Waals surface area (Å²) in [6, 6.07) is 5.56. The Kier molecular flexibility index (Phi) is 5.95. The summed E-state index contributed by atoms with van der Waals surface area (Å²) in [6.45, 7) is 2.74. The van der Waals surface area contributed by atoms with E-state index in [4.69, 9.17) is 16.3 Å². The number of nitrogens with one attached hydrogen (secondary N) is 1. The molecule has 1 unspecified atom stereocenters. The lowest BCUT2D eigenvalue weighted by Crippen LogP contribution is -2.31. The molecule has 1 rings (SSSR count). The average Bonchev–Trinajstić information content (AvgIpc) is 2.30. The average molecular weight is 321 g/mol. The zero-order valence-electron chi connectivity index (χ0n) is 9.80. The van der Waals surface area contributed by atoms with E-state index in [1.54, 1.807) is 13.2 Å². The highest BCUT2D eigenvalue weighted by atomic mass is 79.9. The molecule has 0 bridgehead atoms. The first kappa shape index (κ1) is 14.5. The summed E-state index contributed by atoms with van der Waals surface area (Å²) in [5.74, 6) is -0.137. The minimum absolute atomic E-state index is 0.137. The van der Waals surface area contributed by atoms with Crippen molar-refractivity contribution >= 4 is 33.4 Å². The van der Waals surface area contributed by atoms with Crippen LogP contribution in [0.3, 0.4) is 0 Å². The largest absolute Gasteiger partial charge is 0.383 e. The number of carbonyl (C=O) groups excluding carboxylic acids is 1. The molecule has 0 radical (unpaired) electrons. The third-order valence-corrected chi connectivity index (χ3v) is 3.60. The summed E-state index contributed by atoms with van der Waals surface area (Å²) in [7, 11) is 1.58. The molecule has 3 nitrogen and oxygen atoms in total. The summed E-state index contributed by atoms with van der Waals surface area (Å²) >= 11 is 9.33. The van der Waals surface area contributed by atoms with E-state index in [0.29, 0.717) is 18.7 Å². The Morgan fingerprint density at radius 1 is 1.59 bits per heavy atom. The van der Waals surface area contributed by atoms with Crippen LogP contribution < -0.4 is 5.32 Å². The molecule has 0 heterocycles. The first-order valence-corrected chi connectivity index (χ1v) is 6.45. The molecule has 0 aliphatic rings. The second-order valence-corrected chi connectivity index (χ2v) is 5.11. The van der Waals surface area contributed by atoms with Gasteiger partial charge in [-0.1, -0.05) is 12.1 Å². The van der Waals surface area contributed by atoms with Crippen LogP contribution in [0.15, 0.2) is 22.7 Å². The molecule has 1 aromatic rings. The molecule has 1 N–H and O–H groups in total. The molecule has 1 aromatic carbocycles. The second kappa shape index (κ2) is 6.99. The van der Waals surface area contributed by atoms with E-state index in [9.17, 15) is 4.79 Å². The Balaban J connectivity index is 2.61. The Hall–Kier alpha value is -0.580. The number of carbonyl (C=O) groups is 1. The Bertz CT molecular complexity index is 398.